The third-order valence-corrected chi connectivity index (χ3v) is 2.23. The van der Waals surface area contributed by atoms with Crippen molar-refractivity contribution in [3.8, 4) is 0 Å². The van der Waals surface area contributed by atoms with Gasteiger partial charge in [-0.1, -0.05) is 0 Å². The summed E-state index contributed by atoms with van der Waals surface area (Å²) in [5.41, 5.74) is 1.53. The van der Waals surface area contributed by atoms with Crippen LogP contribution in [0.4, 0.5) is 0 Å². The molecule has 0 radical (unpaired) electrons. The van der Waals surface area contributed by atoms with Gasteiger partial charge in [0.1, 0.15) is 0 Å². The average Bonchev–Trinajstić information content (AvgIpc) is 2.14. The van der Waals surface area contributed by atoms with Gasteiger partial charge in [0.2, 0.25) is 0 Å². The first-order chi connectivity index (χ1) is 3.84. The van der Waals surface area contributed by atoms with Crippen LogP contribution in [0.1, 0.15) is 19.8 Å². The molecule has 1 aliphatic carbocycles. The van der Waals surface area contributed by atoms with Gasteiger partial charge in [0.05, 0.1) is 0 Å². The van der Waals surface area contributed by atoms with E-state index in [2.05, 4.69) is 39.5 Å². The van der Waals surface area contributed by atoms with E-state index < -0.39 is 0 Å². The topological polar surface area (TPSA) is 0 Å². The predicted octanol–water partition coefficient (Wildman–Crippen LogP) is -3.83. The first-order valence-electron chi connectivity index (χ1n) is 2.94. The van der Waals surface area contributed by atoms with Crippen molar-refractivity contribution in [3.05, 3.63) is 21.6 Å². The third-order valence-electron chi connectivity index (χ3n) is 1.41. The third kappa shape index (κ3) is 3.25. The second kappa shape index (κ2) is 6.48. The molecule has 0 atom stereocenters. The van der Waals surface area contributed by atoms with Gasteiger partial charge >= 0.3 is 61.8 Å². The molecular formula is C7H9Cl2Ti. The van der Waals surface area contributed by atoms with Crippen molar-refractivity contribution in [3.63, 3.8) is 0 Å². The largest absolute Gasteiger partial charge is 1.00 e. The first-order valence-corrected chi connectivity index (χ1v) is 3.73. The van der Waals surface area contributed by atoms with Crippen molar-refractivity contribution in [1.82, 2.24) is 0 Å². The van der Waals surface area contributed by atoms with Crippen LogP contribution in [-0.4, -0.2) is 0 Å². The van der Waals surface area contributed by atoms with E-state index in [1.807, 2.05) is 0 Å². The van der Waals surface area contributed by atoms with Crippen molar-refractivity contribution in [2.45, 2.75) is 19.8 Å². The van der Waals surface area contributed by atoms with E-state index in [4.69, 9.17) is 0 Å². The molecule has 55 valence electrons. The molecule has 0 aromatic heterocycles. The fourth-order valence-corrected chi connectivity index (χ4v) is 1.47. The van der Waals surface area contributed by atoms with Gasteiger partial charge in [-0.2, -0.15) is 0 Å². The molecule has 0 N–H and O–H groups in total. The molecule has 0 bridgehead atoms. The molecule has 0 spiro atoms. The van der Waals surface area contributed by atoms with Gasteiger partial charge in [0, 0.05) is 0 Å². The van der Waals surface area contributed by atoms with E-state index in [-0.39, 0.29) is 24.8 Å². The standard InChI is InChI=1S/C7H9.2ClH.Ti/c1-2-7-5-3-4-6-7;;;/h3,5H,2,4H2,1H3;2*1H;/q;;;+2/p-2. The zero-order valence-electron chi connectivity index (χ0n) is 5.82. The quantitative estimate of drug-likeness (QED) is 0.390. The number of allylic oxidation sites excluding steroid dienone is 4. The van der Waals surface area contributed by atoms with E-state index >= 15 is 0 Å². The van der Waals surface area contributed by atoms with Crippen LogP contribution in [-0.2, 0) is 20.4 Å². The molecule has 0 fully saturated rings. The molecule has 0 aliphatic heterocycles. The predicted molar refractivity (Wildman–Crippen MR) is 31.1 cm³/mol. The molecule has 0 heterocycles. The Labute approximate surface area is 86.4 Å². The van der Waals surface area contributed by atoms with Gasteiger partial charge < -0.3 is 24.8 Å². The molecule has 0 aromatic rings. The fourth-order valence-electron chi connectivity index (χ4n) is 0.882. The summed E-state index contributed by atoms with van der Waals surface area (Å²) in [6, 6.07) is 0. The fraction of sp³-hybridized carbons (Fsp3) is 0.429. The van der Waals surface area contributed by atoms with Crippen LogP contribution >= 0.6 is 0 Å². The SMILES string of the molecule is CCC1=[C]([Ti+2])CC=C1.[Cl-].[Cl-]. The van der Waals surface area contributed by atoms with Crippen molar-refractivity contribution in [1.29, 1.82) is 0 Å². The monoisotopic (exact) mass is 211 g/mol. The van der Waals surface area contributed by atoms with Gasteiger partial charge in [-0.3, -0.25) is 0 Å². The van der Waals surface area contributed by atoms with E-state index in [1.165, 1.54) is 18.4 Å². The molecule has 1 aliphatic rings. The maximum absolute atomic E-state index is 2.23. The Morgan fingerprint density at radius 2 is 2.10 bits per heavy atom. The number of rotatable bonds is 1. The van der Waals surface area contributed by atoms with E-state index in [0.29, 0.717) is 0 Å². The molecule has 0 nitrogen and oxygen atoms in total. The maximum Gasteiger partial charge on any atom is -1.00 e. The van der Waals surface area contributed by atoms with Gasteiger partial charge in [0.25, 0.3) is 0 Å². The summed E-state index contributed by atoms with van der Waals surface area (Å²) in [5, 5.41) is 0. The molecule has 1 rings (SSSR count). The zero-order chi connectivity index (χ0) is 5.98. The Hall–Kier alpha value is 0.774. The molecule has 0 aromatic carbocycles. The zero-order valence-corrected chi connectivity index (χ0v) is 8.90. The van der Waals surface area contributed by atoms with Crippen LogP contribution in [0.25, 0.3) is 0 Å². The van der Waals surface area contributed by atoms with Crippen LogP contribution in [0.2, 0.25) is 0 Å². The number of halogens is 2. The minimum absolute atomic E-state index is 0. The van der Waals surface area contributed by atoms with Crippen molar-refractivity contribution in [2.75, 3.05) is 0 Å². The van der Waals surface area contributed by atoms with Crippen LogP contribution in [0.3, 0.4) is 0 Å². The van der Waals surface area contributed by atoms with Crippen LogP contribution in [0.15, 0.2) is 21.6 Å². The number of hydrogen-bond donors (Lipinski definition) is 0. The van der Waals surface area contributed by atoms with Crippen molar-refractivity contribution in [2.24, 2.45) is 0 Å². The van der Waals surface area contributed by atoms with Gasteiger partial charge in [0.15, 0.2) is 0 Å². The van der Waals surface area contributed by atoms with Crippen LogP contribution in [0, 0.1) is 0 Å². The average molecular weight is 212 g/mol. The van der Waals surface area contributed by atoms with Crippen LogP contribution < -0.4 is 24.8 Å². The summed E-state index contributed by atoms with van der Waals surface area (Å²) < 4.78 is 1.55. The molecule has 0 unspecified atom stereocenters. The smallest absolute Gasteiger partial charge is 1.00 e. The summed E-state index contributed by atoms with van der Waals surface area (Å²) in [6.45, 7) is 2.20. The van der Waals surface area contributed by atoms with Gasteiger partial charge in [-0.25, -0.2) is 0 Å². The molecule has 0 saturated heterocycles. The molecule has 0 amide bonds. The number of hydrogen-bond acceptors (Lipinski definition) is 0. The Bertz CT molecular complexity index is 150. The molecule has 10 heavy (non-hydrogen) atoms. The second-order valence-corrected chi connectivity index (χ2v) is 2.91. The Kier molecular flexibility index (Phi) is 8.67. The summed E-state index contributed by atoms with van der Waals surface area (Å²) >= 11 is 2.21. The summed E-state index contributed by atoms with van der Waals surface area (Å²) in [7, 11) is 0. The van der Waals surface area contributed by atoms with Gasteiger partial charge in [-0.15, -0.1) is 0 Å². The van der Waals surface area contributed by atoms with E-state index in [0.717, 1.165) is 0 Å². The maximum atomic E-state index is 2.23. The summed E-state index contributed by atoms with van der Waals surface area (Å²) in [6.07, 6.45) is 6.84. The van der Waals surface area contributed by atoms with Crippen LogP contribution in [0.5, 0.6) is 0 Å². The molecule has 0 saturated carbocycles. The normalized spacial score (nSPS) is 14.7. The van der Waals surface area contributed by atoms with E-state index in [9.17, 15) is 0 Å². The minimum Gasteiger partial charge on any atom is -1.00 e. The second-order valence-electron chi connectivity index (χ2n) is 1.96. The van der Waals surface area contributed by atoms with E-state index in [1.54, 1.807) is 3.88 Å². The summed E-state index contributed by atoms with van der Waals surface area (Å²) in [4.78, 5) is 0. The van der Waals surface area contributed by atoms with Gasteiger partial charge in [-0.05, 0) is 0 Å². The Morgan fingerprint density at radius 3 is 2.30 bits per heavy atom. The Balaban J connectivity index is 0. The molecule has 3 heteroatoms. The first kappa shape index (κ1) is 13.4. The Morgan fingerprint density at radius 1 is 1.50 bits per heavy atom. The summed E-state index contributed by atoms with van der Waals surface area (Å²) in [5.74, 6) is 0. The molecular weight excluding hydrogens is 203 g/mol. The van der Waals surface area contributed by atoms with Crippen molar-refractivity contribution < 1.29 is 45.2 Å². The van der Waals surface area contributed by atoms with Crippen molar-refractivity contribution >= 4 is 0 Å². The minimum atomic E-state index is 0.